The Hall–Kier alpha value is -1.23. The standard InChI is InChI=1S/C14H13Cl3N4/c1-7(15)13-18-12-8(2)19-20(3)14(12)21(13)11-5-4-9(16)6-10(11)17/h4-7H,1-3H3. The van der Waals surface area contributed by atoms with Crippen molar-refractivity contribution in [1.29, 1.82) is 0 Å². The Morgan fingerprint density at radius 3 is 2.57 bits per heavy atom. The number of aryl methyl sites for hydroxylation is 2. The Morgan fingerprint density at radius 2 is 1.95 bits per heavy atom. The van der Waals surface area contributed by atoms with Gasteiger partial charge in [0.2, 0.25) is 0 Å². The third kappa shape index (κ3) is 2.31. The molecule has 0 aliphatic carbocycles. The molecule has 0 saturated carbocycles. The van der Waals surface area contributed by atoms with Crippen LogP contribution in [0.3, 0.4) is 0 Å². The maximum Gasteiger partial charge on any atom is 0.163 e. The average Bonchev–Trinajstić information content (AvgIpc) is 2.90. The van der Waals surface area contributed by atoms with Gasteiger partial charge in [-0.2, -0.15) is 5.10 Å². The maximum atomic E-state index is 6.35. The Morgan fingerprint density at radius 1 is 1.24 bits per heavy atom. The van der Waals surface area contributed by atoms with Crippen LogP contribution in [0.15, 0.2) is 18.2 Å². The second-order valence-electron chi connectivity index (χ2n) is 4.90. The van der Waals surface area contributed by atoms with Crippen molar-refractivity contribution in [3.63, 3.8) is 0 Å². The van der Waals surface area contributed by atoms with Gasteiger partial charge in [0.25, 0.3) is 0 Å². The van der Waals surface area contributed by atoms with E-state index in [2.05, 4.69) is 10.1 Å². The summed E-state index contributed by atoms with van der Waals surface area (Å²) in [4.78, 5) is 4.63. The van der Waals surface area contributed by atoms with Crippen molar-refractivity contribution in [1.82, 2.24) is 19.3 Å². The van der Waals surface area contributed by atoms with E-state index in [1.807, 2.05) is 31.5 Å². The van der Waals surface area contributed by atoms with Crippen LogP contribution in [-0.2, 0) is 7.05 Å². The summed E-state index contributed by atoms with van der Waals surface area (Å²) in [5, 5.41) is 5.27. The number of nitrogens with zero attached hydrogens (tertiary/aromatic N) is 4. The normalized spacial score (nSPS) is 13.0. The van der Waals surface area contributed by atoms with Gasteiger partial charge in [0.05, 0.1) is 21.8 Å². The lowest BCUT2D eigenvalue weighted by atomic mass is 10.3. The van der Waals surface area contributed by atoms with Crippen molar-refractivity contribution in [2.45, 2.75) is 19.2 Å². The van der Waals surface area contributed by atoms with E-state index in [0.29, 0.717) is 10.0 Å². The molecule has 110 valence electrons. The van der Waals surface area contributed by atoms with Crippen molar-refractivity contribution in [2.75, 3.05) is 0 Å². The zero-order valence-electron chi connectivity index (χ0n) is 11.7. The number of hydrogen-bond acceptors (Lipinski definition) is 2. The molecule has 7 heteroatoms. The van der Waals surface area contributed by atoms with E-state index in [0.717, 1.165) is 28.4 Å². The second kappa shape index (κ2) is 5.20. The molecule has 0 aliphatic rings. The van der Waals surface area contributed by atoms with Gasteiger partial charge in [0.15, 0.2) is 5.65 Å². The highest BCUT2D eigenvalue weighted by Crippen LogP contribution is 2.33. The van der Waals surface area contributed by atoms with Gasteiger partial charge < -0.3 is 0 Å². The number of benzene rings is 1. The van der Waals surface area contributed by atoms with E-state index < -0.39 is 0 Å². The molecule has 0 aliphatic heterocycles. The summed E-state index contributed by atoms with van der Waals surface area (Å²) in [6.07, 6.45) is 0. The van der Waals surface area contributed by atoms with Crippen LogP contribution >= 0.6 is 34.8 Å². The van der Waals surface area contributed by atoms with Crippen LogP contribution < -0.4 is 0 Å². The van der Waals surface area contributed by atoms with E-state index in [1.165, 1.54) is 0 Å². The molecule has 0 radical (unpaired) electrons. The molecule has 0 spiro atoms. The summed E-state index contributed by atoms with van der Waals surface area (Å²) in [6, 6.07) is 5.35. The molecule has 1 aromatic carbocycles. The van der Waals surface area contributed by atoms with Gasteiger partial charge in [0, 0.05) is 12.1 Å². The fourth-order valence-corrected chi connectivity index (χ4v) is 3.10. The fourth-order valence-electron chi connectivity index (χ4n) is 2.46. The molecule has 4 nitrogen and oxygen atoms in total. The van der Waals surface area contributed by atoms with Crippen molar-refractivity contribution in [2.24, 2.45) is 7.05 Å². The third-order valence-corrected chi connectivity index (χ3v) is 4.07. The molecule has 3 rings (SSSR count). The first-order chi connectivity index (χ1) is 9.90. The largest absolute Gasteiger partial charge is 0.278 e. The quantitative estimate of drug-likeness (QED) is 0.634. The summed E-state index contributed by atoms with van der Waals surface area (Å²) in [6.45, 7) is 3.80. The lowest BCUT2D eigenvalue weighted by molar-refractivity contribution is 0.748. The van der Waals surface area contributed by atoms with Crippen LogP contribution in [0.25, 0.3) is 16.9 Å². The number of halogens is 3. The van der Waals surface area contributed by atoms with E-state index in [4.69, 9.17) is 34.8 Å². The predicted octanol–water partition coefficient (Wildman–Crippen LogP) is 4.67. The first kappa shape index (κ1) is 14.7. The Labute approximate surface area is 137 Å². The van der Waals surface area contributed by atoms with E-state index in [9.17, 15) is 0 Å². The molecule has 2 heterocycles. The van der Waals surface area contributed by atoms with Gasteiger partial charge in [-0.15, -0.1) is 11.6 Å². The first-order valence-electron chi connectivity index (χ1n) is 6.41. The monoisotopic (exact) mass is 342 g/mol. The molecule has 0 fully saturated rings. The lowest BCUT2D eigenvalue weighted by Crippen LogP contribution is -2.06. The van der Waals surface area contributed by atoms with Crippen molar-refractivity contribution < 1.29 is 0 Å². The van der Waals surface area contributed by atoms with Gasteiger partial charge in [-0.05, 0) is 32.0 Å². The fraction of sp³-hybridized carbons (Fsp3) is 0.286. The number of fused-ring (bicyclic) bond motifs is 1. The van der Waals surface area contributed by atoms with Crippen LogP contribution in [0.5, 0.6) is 0 Å². The van der Waals surface area contributed by atoms with Crippen molar-refractivity contribution >= 4 is 46.0 Å². The Bertz CT molecular complexity index is 832. The highest BCUT2D eigenvalue weighted by atomic mass is 35.5. The van der Waals surface area contributed by atoms with Crippen LogP contribution in [0.2, 0.25) is 10.0 Å². The average molecular weight is 344 g/mol. The van der Waals surface area contributed by atoms with Crippen LogP contribution in [0, 0.1) is 6.92 Å². The minimum absolute atomic E-state index is 0.261. The summed E-state index contributed by atoms with van der Waals surface area (Å²) in [7, 11) is 1.88. The molecule has 0 saturated heterocycles. The maximum absolute atomic E-state index is 6.35. The zero-order valence-corrected chi connectivity index (χ0v) is 14.0. The van der Waals surface area contributed by atoms with Crippen LogP contribution in [0.4, 0.5) is 0 Å². The summed E-state index contributed by atoms with van der Waals surface area (Å²) >= 11 is 18.6. The van der Waals surface area contributed by atoms with Crippen molar-refractivity contribution in [3.05, 3.63) is 39.8 Å². The molecule has 0 N–H and O–H groups in total. The van der Waals surface area contributed by atoms with E-state index in [-0.39, 0.29) is 5.38 Å². The molecule has 0 amide bonds. The molecule has 1 unspecified atom stereocenters. The molecule has 1 atom stereocenters. The molecular weight excluding hydrogens is 331 g/mol. The van der Waals surface area contributed by atoms with Gasteiger partial charge in [-0.3, -0.25) is 4.57 Å². The predicted molar refractivity (Wildman–Crippen MR) is 86.9 cm³/mol. The smallest absolute Gasteiger partial charge is 0.163 e. The SMILES string of the molecule is Cc1nn(C)c2c1nc(C(C)Cl)n2-c1ccc(Cl)cc1Cl. The van der Waals surface area contributed by atoms with Crippen LogP contribution in [-0.4, -0.2) is 19.3 Å². The summed E-state index contributed by atoms with van der Waals surface area (Å²) in [5.74, 6) is 0.729. The minimum Gasteiger partial charge on any atom is -0.278 e. The van der Waals surface area contributed by atoms with Crippen molar-refractivity contribution in [3.8, 4) is 5.69 Å². The summed E-state index contributed by atoms with van der Waals surface area (Å²) in [5.41, 5.74) is 3.33. The minimum atomic E-state index is -0.261. The number of aromatic nitrogens is 4. The van der Waals surface area contributed by atoms with Crippen LogP contribution in [0.1, 0.15) is 23.8 Å². The molecule has 21 heavy (non-hydrogen) atoms. The van der Waals surface area contributed by atoms with Gasteiger partial charge in [-0.1, -0.05) is 23.2 Å². The Balaban J connectivity index is 2.41. The van der Waals surface area contributed by atoms with Gasteiger partial charge in [-0.25, -0.2) is 9.67 Å². The van der Waals surface area contributed by atoms with E-state index >= 15 is 0 Å². The number of alkyl halides is 1. The number of imidazole rings is 1. The highest BCUT2D eigenvalue weighted by molar-refractivity contribution is 6.35. The third-order valence-electron chi connectivity index (χ3n) is 3.33. The van der Waals surface area contributed by atoms with Gasteiger partial charge in [0.1, 0.15) is 11.3 Å². The number of rotatable bonds is 2. The summed E-state index contributed by atoms with van der Waals surface area (Å²) < 4.78 is 3.72. The topological polar surface area (TPSA) is 35.6 Å². The van der Waals surface area contributed by atoms with Gasteiger partial charge >= 0.3 is 0 Å². The molecular formula is C14H13Cl3N4. The highest BCUT2D eigenvalue weighted by Gasteiger charge is 2.22. The molecule has 0 bridgehead atoms. The Kier molecular flexibility index (Phi) is 3.64. The number of hydrogen-bond donors (Lipinski definition) is 0. The van der Waals surface area contributed by atoms with E-state index in [1.54, 1.807) is 16.8 Å². The lowest BCUT2D eigenvalue weighted by Gasteiger charge is -2.12. The second-order valence-corrected chi connectivity index (χ2v) is 6.40. The molecule has 3 aromatic rings. The zero-order chi connectivity index (χ0) is 15.3. The molecule has 2 aromatic heterocycles. The first-order valence-corrected chi connectivity index (χ1v) is 7.61.